The van der Waals surface area contributed by atoms with E-state index in [1.807, 2.05) is 0 Å². The Hall–Kier alpha value is -0.330. The van der Waals surface area contributed by atoms with Gasteiger partial charge in [-0.1, -0.05) is 12.8 Å². The molecule has 0 radical (unpaired) electrons. The third-order valence-electron chi connectivity index (χ3n) is 6.96. The molecule has 6 atom stereocenters. The highest BCUT2D eigenvalue weighted by Crippen LogP contribution is 2.57. The second-order valence-corrected chi connectivity index (χ2v) is 7.54. The van der Waals surface area contributed by atoms with Crippen molar-refractivity contribution in [1.82, 2.24) is 0 Å². The second kappa shape index (κ2) is 4.35. The normalized spacial score (nSPS) is 51.4. The highest BCUT2D eigenvalue weighted by Gasteiger charge is 2.49. The Bertz CT molecular complexity index is 348. The van der Waals surface area contributed by atoms with Gasteiger partial charge in [0.1, 0.15) is 5.78 Å². The molecule has 0 spiro atoms. The maximum atomic E-state index is 11.7. The number of Topliss-reactive ketones (excluding diaryl/α,β-unsaturated/α-hetero) is 1. The Balaban J connectivity index is 1.55. The molecule has 4 fully saturated rings. The largest absolute Gasteiger partial charge is 0.300 e. The number of carbonyl (C=O) groups excluding carboxylic acids is 1. The summed E-state index contributed by atoms with van der Waals surface area (Å²) in [4.78, 5) is 11.7. The van der Waals surface area contributed by atoms with Gasteiger partial charge in [0.05, 0.1) is 0 Å². The lowest BCUT2D eigenvalue weighted by atomic mass is 9.54. The average Bonchev–Trinajstić information content (AvgIpc) is 2.86. The van der Waals surface area contributed by atoms with Gasteiger partial charge in [0.2, 0.25) is 0 Å². The Morgan fingerprint density at radius 2 is 1.39 bits per heavy atom. The maximum absolute atomic E-state index is 11.7. The lowest BCUT2D eigenvalue weighted by Gasteiger charge is -2.51. The van der Waals surface area contributed by atoms with Crippen LogP contribution in [0.25, 0.3) is 0 Å². The minimum absolute atomic E-state index is 0.559. The van der Waals surface area contributed by atoms with Crippen molar-refractivity contribution < 1.29 is 4.79 Å². The van der Waals surface area contributed by atoms with Gasteiger partial charge in [0.25, 0.3) is 0 Å². The van der Waals surface area contributed by atoms with Gasteiger partial charge in [0, 0.05) is 12.8 Å². The minimum atomic E-state index is 0.559. The van der Waals surface area contributed by atoms with Gasteiger partial charge in [0.15, 0.2) is 0 Å². The molecule has 1 nitrogen and oxygen atoms in total. The quantitative estimate of drug-likeness (QED) is 0.626. The Labute approximate surface area is 111 Å². The SMILES string of the molecule is O=C1CCC2C(CCC3C4CCCC4CCC23)C1. The van der Waals surface area contributed by atoms with Gasteiger partial charge in [-0.2, -0.15) is 0 Å². The molecule has 0 aromatic rings. The van der Waals surface area contributed by atoms with Crippen molar-refractivity contribution in [3.63, 3.8) is 0 Å². The third kappa shape index (κ3) is 1.69. The fourth-order valence-corrected chi connectivity index (χ4v) is 6.28. The molecule has 0 saturated heterocycles. The molecule has 4 aliphatic carbocycles. The van der Waals surface area contributed by atoms with E-state index < -0.39 is 0 Å². The van der Waals surface area contributed by atoms with Crippen molar-refractivity contribution in [2.45, 2.75) is 64.2 Å². The standard InChI is InChI=1S/C17H26O/c18-13-6-9-15-12(10-13)5-8-16-14-3-1-2-11(14)4-7-17(15)16/h11-12,14-17H,1-10H2. The second-order valence-electron chi connectivity index (χ2n) is 7.54. The zero-order chi connectivity index (χ0) is 12.1. The number of ketones is 1. The molecule has 0 amide bonds. The number of hydrogen-bond donors (Lipinski definition) is 0. The summed E-state index contributed by atoms with van der Waals surface area (Å²) in [6, 6.07) is 0. The van der Waals surface area contributed by atoms with Crippen LogP contribution in [0.4, 0.5) is 0 Å². The van der Waals surface area contributed by atoms with Crippen molar-refractivity contribution >= 4 is 5.78 Å². The highest BCUT2D eigenvalue weighted by atomic mass is 16.1. The molecule has 1 heteroatoms. The van der Waals surface area contributed by atoms with E-state index in [4.69, 9.17) is 0 Å². The van der Waals surface area contributed by atoms with Crippen LogP contribution in [0, 0.1) is 35.5 Å². The molecule has 4 saturated carbocycles. The van der Waals surface area contributed by atoms with Crippen molar-refractivity contribution in [1.29, 1.82) is 0 Å². The van der Waals surface area contributed by atoms with Crippen molar-refractivity contribution in [3.8, 4) is 0 Å². The van der Waals surface area contributed by atoms with E-state index in [1.54, 1.807) is 0 Å². The predicted molar refractivity (Wildman–Crippen MR) is 72.1 cm³/mol. The van der Waals surface area contributed by atoms with E-state index in [0.29, 0.717) is 5.78 Å². The lowest BCUT2D eigenvalue weighted by molar-refractivity contribution is -0.126. The molecular weight excluding hydrogens is 220 g/mol. The molecule has 6 unspecified atom stereocenters. The molecule has 0 N–H and O–H groups in total. The van der Waals surface area contributed by atoms with E-state index in [-0.39, 0.29) is 0 Å². The van der Waals surface area contributed by atoms with Gasteiger partial charge in [-0.3, -0.25) is 4.79 Å². The molecule has 0 aromatic heterocycles. The van der Waals surface area contributed by atoms with Crippen molar-refractivity contribution in [2.75, 3.05) is 0 Å². The number of rotatable bonds is 0. The first-order valence-electron chi connectivity index (χ1n) is 8.34. The van der Waals surface area contributed by atoms with Crippen LogP contribution in [0.5, 0.6) is 0 Å². The Morgan fingerprint density at radius 3 is 2.22 bits per heavy atom. The van der Waals surface area contributed by atoms with E-state index >= 15 is 0 Å². The van der Waals surface area contributed by atoms with Gasteiger partial charge in [-0.15, -0.1) is 0 Å². The fourth-order valence-electron chi connectivity index (χ4n) is 6.28. The predicted octanol–water partition coefficient (Wildman–Crippen LogP) is 4.21. The Morgan fingerprint density at radius 1 is 0.667 bits per heavy atom. The summed E-state index contributed by atoms with van der Waals surface area (Å²) in [5.41, 5.74) is 0. The molecule has 18 heavy (non-hydrogen) atoms. The maximum Gasteiger partial charge on any atom is 0.133 e. The average molecular weight is 246 g/mol. The minimum Gasteiger partial charge on any atom is -0.300 e. The molecule has 4 aliphatic rings. The van der Waals surface area contributed by atoms with E-state index in [0.717, 1.165) is 48.3 Å². The summed E-state index contributed by atoms with van der Waals surface area (Å²) >= 11 is 0. The summed E-state index contributed by atoms with van der Waals surface area (Å²) in [6.45, 7) is 0. The summed E-state index contributed by atoms with van der Waals surface area (Å²) in [6.07, 6.45) is 13.5. The molecule has 0 aliphatic heterocycles. The topological polar surface area (TPSA) is 17.1 Å². The Kier molecular flexibility index (Phi) is 2.78. The molecule has 4 rings (SSSR count). The number of fused-ring (bicyclic) bond motifs is 5. The number of carbonyl (C=O) groups is 1. The van der Waals surface area contributed by atoms with Crippen LogP contribution >= 0.6 is 0 Å². The first-order valence-corrected chi connectivity index (χ1v) is 8.34. The van der Waals surface area contributed by atoms with E-state index in [2.05, 4.69) is 0 Å². The van der Waals surface area contributed by atoms with Gasteiger partial charge < -0.3 is 0 Å². The van der Waals surface area contributed by atoms with Gasteiger partial charge >= 0.3 is 0 Å². The third-order valence-corrected chi connectivity index (χ3v) is 6.96. The monoisotopic (exact) mass is 246 g/mol. The molecule has 0 bridgehead atoms. The summed E-state index contributed by atoms with van der Waals surface area (Å²) < 4.78 is 0. The van der Waals surface area contributed by atoms with Crippen LogP contribution < -0.4 is 0 Å². The van der Waals surface area contributed by atoms with Crippen LogP contribution in [0.15, 0.2) is 0 Å². The van der Waals surface area contributed by atoms with Crippen LogP contribution in [-0.4, -0.2) is 5.78 Å². The first kappa shape index (κ1) is 11.5. The van der Waals surface area contributed by atoms with Gasteiger partial charge in [-0.25, -0.2) is 0 Å². The first-order chi connectivity index (χ1) is 8.83. The van der Waals surface area contributed by atoms with Crippen LogP contribution in [0.1, 0.15) is 64.2 Å². The molecule has 0 aromatic carbocycles. The summed E-state index contributed by atoms with van der Waals surface area (Å²) in [5, 5.41) is 0. The van der Waals surface area contributed by atoms with Gasteiger partial charge in [-0.05, 0) is 74.0 Å². The van der Waals surface area contributed by atoms with Crippen molar-refractivity contribution in [3.05, 3.63) is 0 Å². The van der Waals surface area contributed by atoms with E-state index in [9.17, 15) is 4.79 Å². The van der Waals surface area contributed by atoms with Crippen LogP contribution in [0.3, 0.4) is 0 Å². The van der Waals surface area contributed by atoms with Crippen LogP contribution in [-0.2, 0) is 4.79 Å². The summed E-state index contributed by atoms with van der Waals surface area (Å²) in [7, 11) is 0. The van der Waals surface area contributed by atoms with Crippen LogP contribution in [0.2, 0.25) is 0 Å². The fraction of sp³-hybridized carbons (Fsp3) is 0.941. The number of hydrogen-bond acceptors (Lipinski definition) is 1. The lowest BCUT2D eigenvalue weighted by Crippen LogP contribution is -2.44. The molecule has 0 heterocycles. The zero-order valence-electron chi connectivity index (χ0n) is 11.4. The molecular formula is C17H26O. The van der Waals surface area contributed by atoms with Crippen molar-refractivity contribution in [2.24, 2.45) is 35.5 Å². The zero-order valence-corrected chi connectivity index (χ0v) is 11.4. The smallest absolute Gasteiger partial charge is 0.133 e. The molecule has 100 valence electrons. The van der Waals surface area contributed by atoms with E-state index in [1.165, 1.54) is 51.4 Å². The summed E-state index contributed by atoms with van der Waals surface area (Å²) in [5.74, 6) is 6.52. The highest BCUT2D eigenvalue weighted by molar-refractivity contribution is 5.79.